The molecule has 4 nitrogen and oxygen atoms in total. The number of rotatable bonds is 5. The summed E-state index contributed by atoms with van der Waals surface area (Å²) in [5, 5.41) is 0. The van der Waals surface area contributed by atoms with Gasteiger partial charge in [0.1, 0.15) is 5.82 Å². The fourth-order valence-electron chi connectivity index (χ4n) is 1.35. The van der Waals surface area contributed by atoms with Crippen molar-refractivity contribution in [1.82, 2.24) is 10.3 Å². The number of nitrogens with one attached hydrogen (secondary N) is 1. The van der Waals surface area contributed by atoms with Crippen molar-refractivity contribution in [3.63, 3.8) is 0 Å². The first-order valence-corrected chi connectivity index (χ1v) is 5.04. The van der Waals surface area contributed by atoms with Gasteiger partial charge in [0.25, 0.3) is 0 Å². The lowest BCUT2D eigenvalue weighted by Crippen LogP contribution is -2.33. The Kier molecular flexibility index (Phi) is 4.88. The Balaban J connectivity index is 2.36. The van der Waals surface area contributed by atoms with E-state index in [9.17, 15) is 9.18 Å². The second kappa shape index (κ2) is 6.19. The lowest BCUT2D eigenvalue weighted by atomic mass is 10.2. The monoisotopic (exact) mass is 225 g/mol. The molecule has 1 amide bonds. The first-order valence-electron chi connectivity index (χ1n) is 5.04. The maximum Gasteiger partial charge on any atom is 0.235 e. The predicted octanol–water partition coefficient (Wildman–Crippen LogP) is 0.638. The Morgan fingerprint density at radius 1 is 1.44 bits per heavy atom. The van der Waals surface area contributed by atoms with Crippen LogP contribution in [0.25, 0.3) is 0 Å². The first kappa shape index (κ1) is 12.6. The van der Waals surface area contributed by atoms with Gasteiger partial charge in [-0.2, -0.15) is 0 Å². The molecule has 0 unspecified atom stereocenters. The van der Waals surface area contributed by atoms with Crippen molar-refractivity contribution < 1.29 is 9.18 Å². The molecule has 5 heteroatoms. The van der Waals surface area contributed by atoms with Crippen molar-refractivity contribution in [3.8, 4) is 0 Å². The average molecular weight is 225 g/mol. The van der Waals surface area contributed by atoms with Gasteiger partial charge >= 0.3 is 0 Å². The van der Waals surface area contributed by atoms with Crippen molar-refractivity contribution in [1.29, 1.82) is 0 Å². The number of hydrogen-bond donors (Lipinski definition) is 2. The van der Waals surface area contributed by atoms with Crippen molar-refractivity contribution in [2.45, 2.75) is 13.0 Å². The van der Waals surface area contributed by atoms with Gasteiger partial charge in [0.05, 0.1) is 0 Å². The van der Waals surface area contributed by atoms with Crippen molar-refractivity contribution >= 4 is 5.91 Å². The van der Waals surface area contributed by atoms with Crippen LogP contribution < -0.4 is 11.3 Å². The maximum atomic E-state index is 12.6. The molecular weight excluding hydrogens is 209 g/mol. The summed E-state index contributed by atoms with van der Waals surface area (Å²) in [4.78, 5) is 12.9. The van der Waals surface area contributed by atoms with Gasteiger partial charge < -0.3 is 4.90 Å². The minimum absolute atomic E-state index is 0.189. The molecule has 0 fully saturated rings. The molecule has 1 rings (SSSR count). The van der Waals surface area contributed by atoms with Crippen LogP contribution in [0.2, 0.25) is 0 Å². The summed E-state index contributed by atoms with van der Waals surface area (Å²) in [5.41, 5.74) is 3.09. The Labute approximate surface area is 94.2 Å². The van der Waals surface area contributed by atoms with Gasteiger partial charge in [-0.3, -0.25) is 10.2 Å². The van der Waals surface area contributed by atoms with Crippen LogP contribution in [-0.4, -0.2) is 24.4 Å². The molecule has 0 saturated heterocycles. The Morgan fingerprint density at radius 2 is 2.06 bits per heavy atom. The molecule has 0 radical (unpaired) electrons. The number of carbonyl (C=O) groups is 1. The minimum Gasteiger partial charge on any atom is -0.302 e. The molecule has 0 aliphatic carbocycles. The summed E-state index contributed by atoms with van der Waals surface area (Å²) in [6, 6.07) is 6.31. The number of benzene rings is 1. The second-order valence-corrected chi connectivity index (χ2v) is 3.68. The van der Waals surface area contributed by atoms with Crippen LogP contribution in [0.4, 0.5) is 4.39 Å². The van der Waals surface area contributed by atoms with Gasteiger partial charge in [-0.1, -0.05) is 12.1 Å². The molecular formula is C11H16FN3O. The third-order valence-corrected chi connectivity index (χ3v) is 2.25. The van der Waals surface area contributed by atoms with Gasteiger partial charge in [0, 0.05) is 19.5 Å². The normalized spacial score (nSPS) is 10.5. The van der Waals surface area contributed by atoms with E-state index in [0.717, 1.165) is 5.56 Å². The van der Waals surface area contributed by atoms with Gasteiger partial charge in [-0.05, 0) is 24.7 Å². The van der Waals surface area contributed by atoms with Gasteiger partial charge in [0.15, 0.2) is 0 Å². The van der Waals surface area contributed by atoms with Crippen LogP contribution in [0.5, 0.6) is 0 Å². The number of nitrogens with two attached hydrogens (primary N) is 1. The number of amides is 1. The number of halogens is 1. The lowest BCUT2D eigenvalue weighted by Gasteiger charge is -2.15. The smallest absolute Gasteiger partial charge is 0.235 e. The minimum atomic E-state index is -0.242. The number of hydrazine groups is 1. The van der Waals surface area contributed by atoms with Crippen LogP contribution in [0.3, 0.4) is 0 Å². The van der Waals surface area contributed by atoms with Gasteiger partial charge in [-0.25, -0.2) is 10.2 Å². The predicted molar refractivity (Wildman–Crippen MR) is 59.7 cm³/mol. The van der Waals surface area contributed by atoms with E-state index in [-0.39, 0.29) is 11.7 Å². The summed E-state index contributed by atoms with van der Waals surface area (Å²) in [7, 11) is 1.90. The molecule has 1 aromatic rings. The molecule has 0 aliphatic heterocycles. The van der Waals surface area contributed by atoms with E-state index in [2.05, 4.69) is 5.43 Å². The van der Waals surface area contributed by atoms with Gasteiger partial charge in [0.2, 0.25) is 5.91 Å². The fraction of sp³-hybridized carbons (Fsp3) is 0.364. The summed E-state index contributed by atoms with van der Waals surface area (Å²) in [6.45, 7) is 1.29. The first-order chi connectivity index (χ1) is 7.61. The lowest BCUT2D eigenvalue weighted by molar-refractivity contribution is -0.121. The summed E-state index contributed by atoms with van der Waals surface area (Å²) >= 11 is 0. The third kappa shape index (κ3) is 4.37. The van der Waals surface area contributed by atoms with E-state index in [1.165, 1.54) is 12.1 Å². The maximum absolute atomic E-state index is 12.6. The summed E-state index contributed by atoms with van der Waals surface area (Å²) in [5.74, 6) is 4.54. The highest BCUT2D eigenvalue weighted by atomic mass is 19.1. The Morgan fingerprint density at radius 3 is 2.62 bits per heavy atom. The molecule has 3 N–H and O–H groups in total. The number of hydrogen-bond acceptors (Lipinski definition) is 3. The zero-order chi connectivity index (χ0) is 12.0. The van der Waals surface area contributed by atoms with Crippen molar-refractivity contribution in [2.24, 2.45) is 5.84 Å². The van der Waals surface area contributed by atoms with E-state index in [4.69, 9.17) is 5.84 Å². The highest BCUT2D eigenvalue weighted by Gasteiger charge is 2.03. The largest absolute Gasteiger partial charge is 0.302 e. The molecule has 0 aliphatic rings. The van der Waals surface area contributed by atoms with Crippen LogP contribution in [-0.2, 0) is 11.3 Å². The van der Waals surface area contributed by atoms with Crippen LogP contribution in [0, 0.1) is 5.82 Å². The van der Waals surface area contributed by atoms with Crippen LogP contribution in [0.15, 0.2) is 24.3 Å². The van der Waals surface area contributed by atoms with Gasteiger partial charge in [-0.15, -0.1) is 0 Å². The molecule has 0 atom stereocenters. The molecule has 88 valence electrons. The highest BCUT2D eigenvalue weighted by molar-refractivity contribution is 5.75. The second-order valence-electron chi connectivity index (χ2n) is 3.68. The highest BCUT2D eigenvalue weighted by Crippen LogP contribution is 2.05. The standard InChI is InChI=1S/C11H16FN3O/c1-15(7-6-11(16)14-13)8-9-2-4-10(12)5-3-9/h2-5H,6-8,13H2,1H3,(H,14,16). The molecule has 0 bridgehead atoms. The zero-order valence-corrected chi connectivity index (χ0v) is 9.24. The molecule has 0 spiro atoms. The van der Waals surface area contributed by atoms with E-state index in [0.29, 0.717) is 19.5 Å². The molecule has 0 heterocycles. The zero-order valence-electron chi connectivity index (χ0n) is 9.24. The Bertz CT molecular complexity index is 340. The topological polar surface area (TPSA) is 58.4 Å². The van der Waals surface area contributed by atoms with Crippen LogP contribution in [0.1, 0.15) is 12.0 Å². The summed E-state index contributed by atoms with van der Waals surface area (Å²) < 4.78 is 12.6. The fourth-order valence-corrected chi connectivity index (χ4v) is 1.35. The molecule has 16 heavy (non-hydrogen) atoms. The average Bonchev–Trinajstić information content (AvgIpc) is 2.29. The van der Waals surface area contributed by atoms with E-state index in [1.807, 2.05) is 11.9 Å². The number of nitrogens with zero attached hydrogens (tertiary/aromatic N) is 1. The molecule has 1 aromatic carbocycles. The molecule has 0 aromatic heterocycles. The van der Waals surface area contributed by atoms with Crippen LogP contribution >= 0.6 is 0 Å². The van der Waals surface area contributed by atoms with E-state index in [1.54, 1.807) is 12.1 Å². The molecule has 0 saturated carbocycles. The van der Waals surface area contributed by atoms with Crippen molar-refractivity contribution in [2.75, 3.05) is 13.6 Å². The quantitative estimate of drug-likeness (QED) is 0.439. The third-order valence-electron chi connectivity index (χ3n) is 2.25. The van der Waals surface area contributed by atoms with E-state index < -0.39 is 0 Å². The van der Waals surface area contributed by atoms with E-state index >= 15 is 0 Å². The Hall–Kier alpha value is -1.46. The number of carbonyl (C=O) groups excluding carboxylic acids is 1. The summed E-state index contributed by atoms with van der Waals surface area (Å²) in [6.07, 6.45) is 0.355. The SMILES string of the molecule is CN(CCC(=O)NN)Cc1ccc(F)cc1. The van der Waals surface area contributed by atoms with Crippen molar-refractivity contribution in [3.05, 3.63) is 35.6 Å².